The van der Waals surface area contributed by atoms with Gasteiger partial charge in [0.05, 0.1) is 0 Å². The van der Waals surface area contributed by atoms with E-state index in [0.29, 0.717) is 0 Å². The van der Waals surface area contributed by atoms with E-state index in [1.807, 2.05) is 11.3 Å². The zero-order valence-electron chi connectivity index (χ0n) is 21.0. The predicted molar refractivity (Wildman–Crippen MR) is 165 cm³/mol. The van der Waals surface area contributed by atoms with Gasteiger partial charge in [-0.25, -0.2) is 0 Å². The second-order valence-electron chi connectivity index (χ2n) is 9.71. The molecule has 0 aliphatic heterocycles. The van der Waals surface area contributed by atoms with Gasteiger partial charge < -0.3 is 0 Å². The first kappa shape index (κ1) is 22.7. The molecule has 0 amide bonds. The van der Waals surface area contributed by atoms with Gasteiger partial charge in [-0.05, 0) is 69.1 Å². The van der Waals surface area contributed by atoms with Gasteiger partial charge >= 0.3 is 0 Å². The summed E-state index contributed by atoms with van der Waals surface area (Å²) in [5.74, 6) is 0. The number of fused-ring (bicyclic) bond motifs is 3. The van der Waals surface area contributed by atoms with Gasteiger partial charge in [0.1, 0.15) is 0 Å². The van der Waals surface area contributed by atoms with Crippen LogP contribution in [-0.2, 0) is 0 Å². The van der Waals surface area contributed by atoms with Crippen LogP contribution in [0.15, 0.2) is 140 Å². The summed E-state index contributed by atoms with van der Waals surface area (Å²) in [6.07, 6.45) is 7.91. The van der Waals surface area contributed by atoms with E-state index in [1.54, 1.807) is 0 Å². The summed E-state index contributed by atoms with van der Waals surface area (Å²) >= 11 is 1.91. The molecular weight excluding hydrogens is 476 g/mol. The lowest BCUT2D eigenvalue weighted by molar-refractivity contribution is 1.42. The molecule has 0 nitrogen and oxygen atoms in total. The number of allylic oxidation sites excluding steroid dienone is 2. The highest BCUT2D eigenvalue weighted by atomic mass is 32.1. The number of thiophene rings is 1. The molecule has 1 aliphatic carbocycles. The SMILES string of the molecule is C1=Cc2c(sc3cc(-c4cccc(-c5cccc(-c6ccccc6)c5)c4)ccc23)C(c2ccccc2)=CC1. The first-order valence-corrected chi connectivity index (χ1v) is 13.9. The third kappa shape index (κ3) is 4.22. The summed E-state index contributed by atoms with van der Waals surface area (Å²) < 4.78 is 1.33. The van der Waals surface area contributed by atoms with Crippen LogP contribution in [0.3, 0.4) is 0 Å². The molecule has 0 radical (unpaired) electrons. The molecule has 38 heavy (non-hydrogen) atoms. The van der Waals surface area contributed by atoms with Crippen LogP contribution in [0.1, 0.15) is 22.4 Å². The second-order valence-corrected chi connectivity index (χ2v) is 10.8. The largest absolute Gasteiger partial charge is 0.135 e. The summed E-state index contributed by atoms with van der Waals surface area (Å²) in [6.45, 7) is 0. The first-order chi connectivity index (χ1) is 18.8. The fraction of sp³-hybridized carbons (Fsp3) is 0.0270. The molecule has 0 atom stereocenters. The van der Waals surface area contributed by atoms with Crippen LogP contribution >= 0.6 is 11.3 Å². The molecule has 0 saturated heterocycles. The maximum absolute atomic E-state index is 2.37. The van der Waals surface area contributed by atoms with Crippen molar-refractivity contribution >= 4 is 33.1 Å². The highest BCUT2D eigenvalue weighted by Gasteiger charge is 2.17. The Morgan fingerprint density at radius 3 is 1.68 bits per heavy atom. The fourth-order valence-corrected chi connectivity index (χ4v) is 6.67. The Morgan fingerprint density at radius 2 is 1.03 bits per heavy atom. The molecule has 0 fully saturated rings. The minimum atomic E-state index is 0.962. The van der Waals surface area contributed by atoms with Crippen LogP contribution in [-0.4, -0.2) is 0 Å². The maximum Gasteiger partial charge on any atom is 0.0430 e. The van der Waals surface area contributed by atoms with Crippen LogP contribution in [0.25, 0.3) is 55.1 Å². The Kier molecular flexibility index (Phi) is 5.84. The van der Waals surface area contributed by atoms with E-state index in [4.69, 9.17) is 0 Å². The second kappa shape index (κ2) is 9.78. The minimum Gasteiger partial charge on any atom is -0.135 e. The Morgan fingerprint density at radius 1 is 0.474 bits per heavy atom. The zero-order valence-corrected chi connectivity index (χ0v) is 21.8. The van der Waals surface area contributed by atoms with Crippen molar-refractivity contribution in [1.29, 1.82) is 0 Å². The number of rotatable bonds is 4. The van der Waals surface area contributed by atoms with Crippen molar-refractivity contribution < 1.29 is 0 Å². The van der Waals surface area contributed by atoms with Crippen molar-refractivity contribution in [2.45, 2.75) is 6.42 Å². The Bertz CT molecular complexity index is 1820. The lowest BCUT2D eigenvalue weighted by Crippen LogP contribution is -1.85. The van der Waals surface area contributed by atoms with E-state index in [9.17, 15) is 0 Å². The fourth-order valence-electron chi connectivity index (χ4n) is 5.38. The van der Waals surface area contributed by atoms with Gasteiger partial charge in [0.2, 0.25) is 0 Å². The van der Waals surface area contributed by atoms with Crippen molar-refractivity contribution in [2.75, 3.05) is 0 Å². The van der Waals surface area contributed by atoms with Gasteiger partial charge in [-0.1, -0.05) is 127 Å². The Balaban J connectivity index is 1.28. The summed E-state index contributed by atoms with van der Waals surface area (Å²) in [4.78, 5) is 1.36. The quantitative estimate of drug-likeness (QED) is 0.225. The standard InChI is InChI=1S/C37H26S/c1-3-11-26(12-4-1)28-15-9-16-29(23-28)30-17-10-18-31(24-30)32-21-22-34-35-20-8-7-19-33(27-13-5-2-6-14-27)37(35)38-36(34)25-32/h1-6,8-25H,7H2. The monoisotopic (exact) mass is 502 g/mol. The Labute approximate surface area is 227 Å². The minimum absolute atomic E-state index is 0.962. The average Bonchev–Trinajstić information content (AvgIpc) is 3.22. The van der Waals surface area contributed by atoms with E-state index < -0.39 is 0 Å². The van der Waals surface area contributed by atoms with Gasteiger partial charge in [-0.2, -0.15) is 0 Å². The van der Waals surface area contributed by atoms with Gasteiger partial charge in [0, 0.05) is 20.5 Å². The van der Waals surface area contributed by atoms with Crippen molar-refractivity contribution in [3.05, 3.63) is 156 Å². The van der Waals surface area contributed by atoms with Gasteiger partial charge in [-0.15, -0.1) is 11.3 Å². The third-order valence-corrected chi connectivity index (χ3v) is 8.50. The smallest absolute Gasteiger partial charge is 0.0430 e. The summed E-state index contributed by atoms with van der Waals surface area (Å²) in [7, 11) is 0. The molecule has 0 bridgehead atoms. The van der Waals surface area contributed by atoms with E-state index >= 15 is 0 Å². The van der Waals surface area contributed by atoms with Gasteiger partial charge in [-0.3, -0.25) is 0 Å². The molecule has 7 rings (SSSR count). The first-order valence-electron chi connectivity index (χ1n) is 13.1. The van der Waals surface area contributed by atoms with Crippen molar-refractivity contribution in [1.82, 2.24) is 0 Å². The van der Waals surface area contributed by atoms with Crippen molar-refractivity contribution in [2.24, 2.45) is 0 Å². The number of hydrogen-bond donors (Lipinski definition) is 0. The predicted octanol–water partition coefficient (Wildman–Crippen LogP) is 10.8. The van der Waals surface area contributed by atoms with Crippen molar-refractivity contribution in [3.63, 3.8) is 0 Å². The van der Waals surface area contributed by atoms with E-state index in [2.05, 4.69) is 146 Å². The lowest BCUT2D eigenvalue weighted by atomic mass is 9.95. The Hall–Kier alpha value is -4.46. The molecular formula is C37H26S. The summed E-state index contributed by atoms with van der Waals surface area (Å²) in [5.41, 5.74) is 11.4. The molecule has 180 valence electrons. The number of hydrogen-bond acceptors (Lipinski definition) is 1. The van der Waals surface area contributed by atoms with Gasteiger partial charge in [0.25, 0.3) is 0 Å². The average molecular weight is 503 g/mol. The number of benzene rings is 5. The summed E-state index contributed by atoms with van der Waals surface area (Å²) in [6, 6.07) is 46.1. The molecule has 0 spiro atoms. The van der Waals surface area contributed by atoms with Crippen LogP contribution in [0.4, 0.5) is 0 Å². The zero-order chi connectivity index (χ0) is 25.3. The van der Waals surface area contributed by atoms with Gasteiger partial charge in [0.15, 0.2) is 0 Å². The molecule has 1 aliphatic rings. The lowest BCUT2D eigenvalue weighted by Gasteiger charge is -2.09. The van der Waals surface area contributed by atoms with Crippen LogP contribution in [0.5, 0.6) is 0 Å². The molecule has 1 heteroatoms. The highest BCUT2D eigenvalue weighted by Crippen LogP contribution is 2.42. The third-order valence-electron chi connectivity index (χ3n) is 7.30. The highest BCUT2D eigenvalue weighted by molar-refractivity contribution is 7.20. The molecule has 6 aromatic rings. The van der Waals surface area contributed by atoms with E-state index in [0.717, 1.165) is 6.42 Å². The normalized spacial score (nSPS) is 12.7. The maximum atomic E-state index is 2.37. The molecule has 0 unspecified atom stereocenters. The molecule has 0 N–H and O–H groups in total. The van der Waals surface area contributed by atoms with Crippen LogP contribution in [0, 0.1) is 0 Å². The molecule has 5 aromatic carbocycles. The topological polar surface area (TPSA) is 0 Å². The molecule has 1 heterocycles. The van der Waals surface area contributed by atoms with Crippen LogP contribution < -0.4 is 0 Å². The van der Waals surface area contributed by atoms with E-state index in [1.165, 1.54) is 65.0 Å². The van der Waals surface area contributed by atoms with Crippen LogP contribution in [0.2, 0.25) is 0 Å². The summed E-state index contributed by atoms with van der Waals surface area (Å²) in [5, 5.41) is 1.33. The molecule has 1 aromatic heterocycles. The van der Waals surface area contributed by atoms with Crippen molar-refractivity contribution in [3.8, 4) is 33.4 Å². The molecule has 0 saturated carbocycles. The van der Waals surface area contributed by atoms with E-state index in [-0.39, 0.29) is 0 Å².